The molecule has 0 aliphatic rings. The third kappa shape index (κ3) is 2.68. The van der Waals surface area contributed by atoms with Crippen molar-refractivity contribution in [3.05, 3.63) is 96.8 Å². The topological polar surface area (TPSA) is 43.4 Å². The summed E-state index contributed by atoms with van der Waals surface area (Å²) in [5.74, 6) is -0.00862. The maximum Gasteiger partial charge on any atom is 0.193 e. The number of hydrogen-bond donors (Lipinski definition) is 0. The van der Waals surface area contributed by atoms with E-state index in [9.17, 15) is 4.79 Å². The molecule has 3 heteroatoms. The molecule has 0 radical (unpaired) electrons. The fraction of sp³-hybridized carbons (Fsp3) is 0. The monoisotopic (exact) mass is 314 g/mol. The van der Waals surface area contributed by atoms with Gasteiger partial charge in [-0.25, -0.2) is 0 Å². The van der Waals surface area contributed by atoms with Gasteiger partial charge in [-0.3, -0.25) is 4.79 Å². The van der Waals surface area contributed by atoms with Crippen LogP contribution in [0.25, 0.3) is 22.3 Å². The van der Waals surface area contributed by atoms with Gasteiger partial charge in [0.05, 0.1) is 25.1 Å². The lowest BCUT2D eigenvalue weighted by Gasteiger charge is -2.05. The van der Waals surface area contributed by atoms with Gasteiger partial charge in [0, 0.05) is 22.3 Å². The first-order chi connectivity index (χ1) is 11.8. The van der Waals surface area contributed by atoms with Crippen LogP contribution in [0.15, 0.2) is 94.6 Å². The largest absolute Gasteiger partial charge is 0.472 e. The molecule has 3 nitrogen and oxygen atoms in total. The van der Waals surface area contributed by atoms with E-state index in [0.29, 0.717) is 11.1 Å². The van der Waals surface area contributed by atoms with Crippen molar-refractivity contribution in [2.45, 2.75) is 0 Å². The molecule has 0 saturated carbocycles. The summed E-state index contributed by atoms with van der Waals surface area (Å²) in [6.07, 6.45) is 6.59. The number of carbonyl (C=O) groups excluding carboxylic acids is 1. The van der Waals surface area contributed by atoms with Crippen molar-refractivity contribution >= 4 is 5.78 Å². The first-order valence-electron chi connectivity index (χ1n) is 7.61. The molecule has 0 spiro atoms. The number of rotatable bonds is 4. The molecule has 0 aliphatic carbocycles. The smallest absolute Gasteiger partial charge is 0.193 e. The minimum atomic E-state index is -0.00862. The Morgan fingerprint density at radius 2 is 1.12 bits per heavy atom. The Labute approximate surface area is 139 Å². The van der Waals surface area contributed by atoms with Crippen molar-refractivity contribution in [3.63, 3.8) is 0 Å². The van der Waals surface area contributed by atoms with Crippen LogP contribution in [0.3, 0.4) is 0 Å². The van der Waals surface area contributed by atoms with E-state index in [4.69, 9.17) is 8.83 Å². The Kier molecular flexibility index (Phi) is 3.60. The Balaban J connectivity index is 1.69. The maximum atomic E-state index is 12.8. The molecule has 116 valence electrons. The number of hydrogen-bond acceptors (Lipinski definition) is 3. The van der Waals surface area contributed by atoms with Crippen molar-refractivity contribution < 1.29 is 13.6 Å². The van der Waals surface area contributed by atoms with Gasteiger partial charge in [-0.15, -0.1) is 0 Å². The van der Waals surface area contributed by atoms with E-state index in [1.807, 2.05) is 60.7 Å². The summed E-state index contributed by atoms with van der Waals surface area (Å²) < 4.78 is 10.2. The summed E-state index contributed by atoms with van der Waals surface area (Å²) >= 11 is 0. The van der Waals surface area contributed by atoms with Gasteiger partial charge < -0.3 is 8.83 Å². The van der Waals surface area contributed by atoms with Crippen molar-refractivity contribution in [1.82, 2.24) is 0 Å². The molecule has 0 saturated heterocycles. The number of carbonyl (C=O) groups is 1. The average Bonchev–Trinajstić information content (AvgIpc) is 3.35. The molecule has 0 aliphatic heterocycles. The molecule has 2 heterocycles. The minimum absolute atomic E-state index is 0.00862. The summed E-state index contributed by atoms with van der Waals surface area (Å²) in [5, 5.41) is 0. The molecule has 0 unspecified atom stereocenters. The van der Waals surface area contributed by atoms with Crippen LogP contribution in [0, 0.1) is 0 Å². The quantitative estimate of drug-likeness (QED) is 0.471. The third-order valence-electron chi connectivity index (χ3n) is 3.96. The molecule has 0 bridgehead atoms. The lowest BCUT2D eigenvalue weighted by atomic mass is 9.97. The van der Waals surface area contributed by atoms with Gasteiger partial charge >= 0.3 is 0 Å². The summed E-state index contributed by atoms with van der Waals surface area (Å²) in [6.45, 7) is 0. The number of ketones is 1. The first-order valence-corrected chi connectivity index (χ1v) is 7.61. The predicted octanol–water partition coefficient (Wildman–Crippen LogP) is 5.44. The standard InChI is InChI=1S/C21H14O3/c22-21(17-5-1-3-15(11-17)19-7-9-23-13-19)18-6-2-4-16(12-18)20-8-10-24-14-20/h1-14H. The Hall–Kier alpha value is -3.33. The van der Waals surface area contributed by atoms with Gasteiger partial charge in [0.15, 0.2) is 5.78 Å². The van der Waals surface area contributed by atoms with Crippen LogP contribution in [0.5, 0.6) is 0 Å². The second kappa shape index (κ2) is 6.05. The molecule has 0 N–H and O–H groups in total. The summed E-state index contributed by atoms with van der Waals surface area (Å²) in [7, 11) is 0. The zero-order valence-corrected chi connectivity index (χ0v) is 12.8. The highest BCUT2D eigenvalue weighted by Crippen LogP contribution is 2.24. The van der Waals surface area contributed by atoms with Gasteiger partial charge in [0.1, 0.15) is 0 Å². The Morgan fingerprint density at radius 3 is 1.54 bits per heavy atom. The highest BCUT2D eigenvalue weighted by molar-refractivity contribution is 6.10. The van der Waals surface area contributed by atoms with Crippen LogP contribution in [0.1, 0.15) is 15.9 Å². The van der Waals surface area contributed by atoms with Crippen molar-refractivity contribution in [1.29, 1.82) is 0 Å². The lowest BCUT2D eigenvalue weighted by molar-refractivity contribution is 0.103. The summed E-state index contributed by atoms with van der Waals surface area (Å²) in [6, 6.07) is 18.9. The van der Waals surface area contributed by atoms with E-state index in [1.54, 1.807) is 25.1 Å². The van der Waals surface area contributed by atoms with Crippen molar-refractivity contribution in [2.75, 3.05) is 0 Å². The average molecular weight is 314 g/mol. The SMILES string of the molecule is O=C(c1cccc(-c2ccoc2)c1)c1cccc(-c2ccoc2)c1. The zero-order chi connectivity index (χ0) is 16.4. The van der Waals surface area contributed by atoms with Crippen molar-refractivity contribution in [2.24, 2.45) is 0 Å². The van der Waals surface area contributed by atoms with Crippen LogP contribution in [-0.4, -0.2) is 5.78 Å². The number of furan rings is 2. The molecule has 4 aromatic rings. The fourth-order valence-corrected chi connectivity index (χ4v) is 2.70. The van der Waals surface area contributed by atoms with E-state index in [-0.39, 0.29) is 5.78 Å². The van der Waals surface area contributed by atoms with E-state index in [2.05, 4.69) is 0 Å². The van der Waals surface area contributed by atoms with Gasteiger partial charge in [0.25, 0.3) is 0 Å². The van der Waals surface area contributed by atoms with E-state index >= 15 is 0 Å². The van der Waals surface area contributed by atoms with Gasteiger partial charge in [-0.1, -0.05) is 36.4 Å². The molecule has 0 fully saturated rings. The minimum Gasteiger partial charge on any atom is -0.472 e. The predicted molar refractivity (Wildman–Crippen MR) is 91.7 cm³/mol. The lowest BCUT2D eigenvalue weighted by Crippen LogP contribution is -2.01. The maximum absolute atomic E-state index is 12.8. The third-order valence-corrected chi connectivity index (χ3v) is 3.96. The van der Waals surface area contributed by atoms with Crippen molar-refractivity contribution in [3.8, 4) is 22.3 Å². The van der Waals surface area contributed by atoms with Crippen LogP contribution in [-0.2, 0) is 0 Å². The zero-order valence-electron chi connectivity index (χ0n) is 12.8. The van der Waals surface area contributed by atoms with Crippen LogP contribution >= 0.6 is 0 Å². The highest BCUT2D eigenvalue weighted by Gasteiger charge is 2.12. The van der Waals surface area contributed by atoms with Gasteiger partial charge in [-0.05, 0) is 35.4 Å². The number of benzene rings is 2. The van der Waals surface area contributed by atoms with Crippen LogP contribution < -0.4 is 0 Å². The summed E-state index contributed by atoms with van der Waals surface area (Å²) in [5.41, 5.74) is 5.13. The molecular formula is C21H14O3. The summed E-state index contributed by atoms with van der Waals surface area (Å²) in [4.78, 5) is 12.8. The first kappa shape index (κ1) is 14.3. The second-order valence-electron chi connectivity index (χ2n) is 5.51. The normalized spacial score (nSPS) is 10.7. The van der Waals surface area contributed by atoms with Gasteiger partial charge in [0.2, 0.25) is 0 Å². The molecule has 24 heavy (non-hydrogen) atoms. The molecule has 2 aromatic heterocycles. The van der Waals surface area contributed by atoms with Crippen LogP contribution in [0.2, 0.25) is 0 Å². The Morgan fingerprint density at radius 1 is 0.625 bits per heavy atom. The van der Waals surface area contributed by atoms with Gasteiger partial charge in [-0.2, -0.15) is 0 Å². The van der Waals surface area contributed by atoms with Crippen LogP contribution in [0.4, 0.5) is 0 Å². The fourth-order valence-electron chi connectivity index (χ4n) is 2.70. The molecule has 2 aromatic carbocycles. The second-order valence-corrected chi connectivity index (χ2v) is 5.51. The van der Waals surface area contributed by atoms with E-state index in [1.165, 1.54) is 0 Å². The molecule has 0 atom stereocenters. The molecule has 0 amide bonds. The molecule has 4 rings (SSSR count). The van der Waals surface area contributed by atoms with E-state index in [0.717, 1.165) is 22.3 Å². The molecular weight excluding hydrogens is 300 g/mol. The highest BCUT2D eigenvalue weighted by atomic mass is 16.3. The van der Waals surface area contributed by atoms with E-state index < -0.39 is 0 Å². The Bertz CT molecular complexity index is 884.